The fraction of sp³-hybridized carbons (Fsp3) is 0.0417. The van der Waals surface area contributed by atoms with E-state index in [1.165, 1.54) is 0 Å². The van der Waals surface area contributed by atoms with Crippen molar-refractivity contribution in [2.75, 3.05) is 11.1 Å². The molecule has 0 saturated heterocycles. The van der Waals surface area contributed by atoms with Crippen LogP contribution in [0, 0.1) is 0 Å². The molecule has 1 amide bonds. The standard InChI is InChI=1S/C24H14ClN3O4S/c25-14-10-8-13(9-11-14)23-27-28-24(32-23)33-12-19(29)26-18-7-3-6-17-20(18)22(31)16-5-2-1-4-15(16)21(17)30/h1-11H,12H2,(H,26,29). The Morgan fingerprint density at radius 2 is 1.58 bits per heavy atom. The van der Waals surface area contributed by atoms with Crippen molar-refractivity contribution in [2.45, 2.75) is 5.22 Å². The Hall–Kier alpha value is -3.75. The van der Waals surface area contributed by atoms with Crippen LogP contribution in [0.2, 0.25) is 5.02 Å². The van der Waals surface area contributed by atoms with Crippen LogP contribution in [0.3, 0.4) is 0 Å². The van der Waals surface area contributed by atoms with Gasteiger partial charge in [0.25, 0.3) is 5.22 Å². The van der Waals surface area contributed by atoms with Crippen molar-refractivity contribution in [1.29, 1.82) is 0 Å². The first-order valence-corrected chi connectivity index (χ1v) is 11.2. The van der Waals surface area contributed by atoms with Crippen LogP contribution in [0.1, 0.15) is 31.8 Å². The van der Waals surface area contributed by atoms with Crippen LogP contribution in [0.15, 0.2) is 76.4 Å². The predicted octanol–water partition coefficient (Wildman–Crippen LogP) is 4.90. The van der Waals surface area contributed by atoms with E-state index in [1.54, 1.807) is 66.7 Å². The molecule has 4 aromatic rings. The largest absolute Gasteiger partial charge is 0.411 e. The van der Waals surface area contributed by atoms with Gasteiger partial charge in [-0.05, 0) is 30.3 Å². The lowest BCUT2D eigenvalue weighted by molar-refractivity contribution is -0.113. The summed E-state index contributed by atoms with van der Waals surface area (Å²) in [7, 11) is 0. The number of carbonyl (C=O) groups excluding carboxylic acids is 3. The summed E-state index contributed by atoms with van der Waals surface area (Å²) < 4.78 is 5.59. The minimum atomic E-state index is -0.376. The van der Waals surface area contributed by atoms with Gasteiger partial charge in [0.05, 0.1) is 17.0 Å². The van der Waals surface area contributed by atoms with Crippen LogP contribution in [-0.2, 0) is 4.79 Å². The zero-order valence-electron chi connectivity index (χ0n) is 16.9. The molecule has 0 atom stereocenters. The maximum absolute atomic E-state index is 13.0. The number of hydrogen-bond acceptors (Lipinski definition) is 7. The molecule has 7 nitrogen and oxygen atoms in total. The van der Waals surface area contributed by atoms with Gasteiger partial charge in [-0.3, -0.25) is 14.4 Å². The lowest BCUT2D eigenvalue weighted by atomic mass is 9.83. The second-order valence-electron chi connectivity index (χ2n) is 7.15. The first-order chi connectivity index (χ1) is 16.0. The highest BCUT2D eigenvalue weighted by atomic mass is 35.5. The van der Waals surface area contributed by atoms with E-state index in [1.807, 2.05) is 0 Å². The zero-order chi connectivity index (χ0) is 22.9. The Kier molecular flexibility index (Phi) is 5.53. The summed E-state index contributed by atoms with van der Waals surface area (Å²) in [5, 5.41) is 11.5. The van der Waals surface area contributed by atoms with Crippen molar-refractivity contribution in [3.63, 3.8) is 0 Å². The molecular formula is C24H14ClN3O4S. The van der Waals surface area contributed by atoms with Gasteiger partial charge in [0.2, 0.25) is 11.8 Å². The Balaban J connectivity index is 1.30. The highest BCUT2D eigenvalue weighted by molar-refractivity contribution is 7.99. The summed E-state index contributed by atoms with van der Waals surface area (Å²) in [6, 6.07) is 18.4. The summed E-state index contributed by atoms with van der Waals surface area (Å²) in [5.41, 5.74) is 2.16. The zero-order valence-corrected chi connectivity index (χ0v) is 18.4. The molecule has 0 spiro atoms. The third-order valence-corrected chi connectivity index (χ3v) is 6.12. The fourth-order valence-corrected chi connectivity index (χ4v) is 4.23. The number of nitrogens with zero attached hydrogens (tertiary/aromatic N) is 2. The number of thioether (sulfide) groups is 1. The van der Waals surface area contributed by atoms with Gasteiger partial charge in [-0.25, -0.2) is 0 Å². The molecular weight excluding hydrogens is 462 g/mol. The number of benzene rings is 3. The Labute approximate surface area is 197 Å². The summed E-state index contributed by atoms with van der Waals surface area (Å²) in [6.07, 6.45) is 0. The number of carbonyl (C=O) groups is 3. The van der Waals surface area contributed by atoms with E-state index in [-0.39, 0.29) is 39.6 Å². The van der Waals surface area contributed by atoms with Crippen LogP contribution < -0.4 is 5.32 Å². The molecule has 0 bridgehead atoms. The lowest BCUT2D eigenvalue weighted by Gasteiger charge is -2.20. The smallest absolute Gasteiger partial charge is 0.277 e. The number of rotatable bonds is 5. The van der Waals surface area contributed by atoms with E-state index in [0.717, 1.165) is 11.8 Å². The first kappa shape index (κ1) is 21.1. The Morgan fingerprint density at radius 1 is 0.879 bits per heavy atom. The lowest BCUT2D eigenvalue weighted by Crippen LogP contribution is -2.24. The minimum Gasteiger partial charge on any atom is -0.411 e. The topological polar surface area (TPSA) is 102 Å². The Morgan fingerprint density at radius 3 is 2.33 bits per heavy atom. The predicted molar refractivity (Wildman–Crippen MR) is 124 cm³/mol. The van der Waals surface area contributed by atoms with Crippen LogP contribution in [0.25, 0.3) is 11.5 Å². The molecule has 33 heavy (non-hydrogen) atoms. The second kappa shape index (κ2) is 8.65. The molecule has 1 aliphatic rings. The van der Waals surface area contributed by atoms with Gasteiger partial charge in [0.15, 0.2) is 11.6 Å². The molecule has 0 saturated carbocycles. The van der Waals surface area contributed by atoms with Crippen molar-refractivity contribution in [1.82, 2.24) is 10.2 Å². The van der Waals surface area contributed by atoms with Gasteiger partial charge in [0.1, 0.15) is 0 Å². The molecule has 1 N–H and O–H groups in total. The van der Waals surface area contributed by atoms with E-state index >= 15 is 0 Å². The molecule has 0 radical (unpaired) electrons. The molecule has 5 rings (SSSR count). The highest BCUT2D eigenvalue weighted by Crippen LogP contribution is 2.32. The van der Waals surface area contributed by atoms with Crippen molar-refractivity contribution in [2.24, 2.45) is 0 Å². The summed E-state index contributed by atoms with van der Waals surface area (Å²) in [5.74, 6) is -0.627. The van der Waals surface area contributed by atoms with Crippen LogP contribution >= 0.6 is 23.4 Å². The van der Waals surface area contributed by atoms with Crippen molar-refractivity contribution < 1.29 is 18.8 Å². The number of halogens is 1. The van der Waals surface area contributed by atoms with Gasteiger partial charge in [-0.15, -0.1) is 10.2 Å². The van der Waals surface area contributed by atoms with Crippen LogP contribution in [-0.4, -0.2) is 33.4 Å². The summed E-state index contributed by atoms with van der Waals surface area (Å²) in [4.78, 5) is 38.5. The minimum absolute atomic E-state index is 0.0232. The molecule has 1 aliphatic carbocycles. The van der Waals surface area contributed by atoms with Gasteiger partial charge in [0, 0.05) is 27.3 Å². The van der Waals surface area contributed by atoms with Crippen LogP contribution in [0.4, 0.5) is 5.69 Å². The number of hydrogen-bond donors (Lipinski definition) is 1. The maximum atomic E-state index is 13.0. The third kappa shape index (κ3) is 4.06. The molecule has 162 valence electrons. The van der Waals surface area contributed by atoms with E-state index < -0.39 is 0 Å². The van der Waals surface area contributed by atoms with Gasteiger partial charge >= 0.3 is 0 Å². The number of amides is 1. The average Bonchev–Trinajstić information content (AvgIpc) is 3.31. The molecule has 0 unspecified atom stereocenters. The molecule has 9 heteroatoms. The second-order valence-corrected chi connectivity index (χ2v) is 8.51. The number of ketones is 2. The monoisotopic (exact) mass is 475 g/mol. The number of nitrogens with one attached hydrogen (secondary N) is 1. The van der Waals surface area contributed by atoms with Crippen molar-refractivity contribution in [3.8, 4) is 11.5 Å². The fourth-order valence-electron chi connectivity index (χ4n) is 3.54. The molecule has 0 aliphatic heterocycles. The number of aromatic nitrogens is 2. The SMILES string of the molecule is O=C(CSc1nnc(-c2ccc(Cl)cc2)o1)Nc1cccc2c1C(=O)c1ccccc1C2=O. The van der Waals surface area contributed by atoms with E-state index in [4.69, 9.17) is 16.0 Å². The number of anilines is 1. The molecule has 0 fully saturated rings. The molecule has 1 heterocycles. The molecule has 3 aromatic carbocycles. The van der Waals surface area contributed by atoms with Gasteiger partial charge in [-0.1, -0.05) is 59.8 Å². The van der Waals surface area contributed by atoms with Crippen LogP contribution in [0.5, 0.6) is 0 Å². The van der Waals surface area contributed by atoms with E-state index in [2.05, 4.69) is 15.5 Å². The van der Waals surface area contributed by atoms with Crippen molar-refractivity contribution >= 4 is 46.5 Å². The number of fused-ring (bicyclic) bond motifs is 2. The summed E-state index contributed by atoms with van der Waals surface area (Å²) in [6.45, 7) is 0. The van der Waals surface area contributed by atoms with E-state index in [9.17, 15) is 14.4 Å². The maximum Gasteiger partial charge on any atom is 0.277 e. The average molecular weight is 476 g/mol. The van der Waals surface area contributed by atoms with E-state index in [0.29, 0.717) is 33.3 Å². The Bertz CT molecular complexity index is 1420. The van der Waals surface area contributed by atoms with Gasteiger partial charge < -0.3 is 9.73 Å². The first-order valence-electron chi connectivity index (χ1n) is 9.85. The third-order valence-electron chi connectivity index (χ3n) is 5.05. The molecule has 1 aromatic heterocycles. The van der Waals surface area contributed by atoms with Gasteiger partial charge in [-0.2, -0.15) is 0 Å². The highest BCUT2D eigenvalue weighted by Gasteiger charge is 2.31. The summed E-state index contributed by atoms with van der Waals surface area (Å²) >= 11 is 6.95. The van der Waals surface area contributed by atoms with Crippen molar-refractivity contribution in [3.05, 3.63) is 94.0 Å². The quantitative estimate of drug-likeness (QED) is 0.361. The normalized spacial score (nSPS) is 12.3.